The third-order valence-electron chi connectivity index (χ3n) is 2.39. The number of nitrogens with zero attached hydrogens (tertiary/aromatic N) is 4. The van der Waals surface area contributed by atoms with Crippen LogP contribution >= 0.6 is 11.8 Å². The highest BCUT2D eigenvalue weighted by atomic mass is 32.2. The van der Waals surface area contributed by atoms with Crippen LogP contribution in [0.4, 0.5) is 5.82 Å². The van der Waals surface area contributed by atoms with Gasteiger partial charge < -0.3 is 5.32 Å². The lowest BCUT2D eigenvalue weighted by Crippen LogP contribution is -2.00. The minimum atomic E-state index is 0.804. The van der Waals surface area contributed by atoms with Crippen LogP contribution in [0.2, 0.25) is 0 Å². The van der Waals surface area contributed by atoms with Crippen LogP contribution in [-0.4, -0.2) is 26.3 Å². The number of aryl methyl sites for hydroxylation is 2. The quantitative estimate of drug-likeness (QED) is 0.838. The van der Waals surface area contributed by atoms with E-state index < -0.39 is 0 Å². The normalized spacial score (nSPS) is 10.6. The second-order valence-electron chi connectivity index (χ2n) is 3.96. The second kappa shape index (κ2) is 5.86. The van der Waals surface area contributed by atoms with Gasteiger partial charge in [0.25, 0.3) is 0 Å². The van der Waals surface area contributed by atoms with Crippen molar-refractivity contribution in [2.45, 2.75) is 24.6 Å². The van der Waals surface area contributed by atoms with Gasteiger partial charge in [0.1, 0.15) is 5.82 Å². The van der Waals surface area contributed by atoms with Gasteiger partial charge in [-0.3, -0.25) is 9.67 Å². The Bertz CT molecular complexity index is 506. The summed E-state index contributed by atoms with van der Waals surface area (Å²) >= 11 is 1.72. The van der Waals surface area contributed by atoms with Gasteiger partial charge in [0, 0.05) is 19.3 Å². The molecule has 0 atom stereocenters. The van der Waals surface area contributed by atoms with Crippen molar-refractivity contribution in [2.24, 2.45) is 7.05 Å². The van der Waals surface area contributed by atoms with Gasteiger partial charge in [-0.2, -0.15) is 5.10 Å². The maximum atomic E-state index is 4.37. The minimum absolute atomic E-state index is 0.804. The van der Waals surface area contributed by atoms with E-state index in [1.54, 1.807) is 18.0 Å². The number of anilines is 1. The molecule has 6 heteroatoms. The molecule has 5 nitrogen and oxygen atoms in total. The molecule has 0 radical (unpaired) electrons. The molecule has 0 aliphatic rings. The Hall–Kier alpha value is -1.56. The molecule has 0 saturated carbocycles. The Morgan fingerprint density at radius 1 is 1.33 bits per heavy atom. The zero-order valence-corrected chi connectivity index (χ0v) is 11.7. The van der Waals surface area contributed by atoms with Crippen molar-refractivity contribution in [1.82, 2.24) is 19.7 Å². The van der Waals surface area contributed by atoms with Gasteiger partial charge >= 0.3 is 0 Å². The van der Waals surface area contributed by atoms with E-state index in [4.69, 9.17) is 0 Å². The van der Waals surface area contributed by atoms with Crippen molar-refractivity contribution < 1.29 is 0 Å². The molecular weight excluding hydrogens is 246 g/mol. The van der Waals surface area contributed by atoms with Gasteiger partial charge in [-0.1, -0.05) is 0 Å². The lowest BCUT2D eigenvalue weighted by Gasteiger charge is -2.03. The average molecular weight is 263 g/mol. The number of hydrogen-bond donors (Lipinski definition) is 1. The fourth-order valence-corrected chi connectivity index (χ4v) is 2.50. The summed E-state index contributed by atoms with van der Waals surface area (Å²) in [7, 11) is 1.95. The SMILES string of the molecule is CCNc1cnc(CSc2cc(C)nn2C)cn1. The molecule has 0 unspecified atom stereocenters. The Balaban J connectivity index is 1.95. The number of hydrogen-bond acceptors (Lipinski definition) is 5. The zero-order chi connectivity index (χ0) is 13.0. The summed E-state index contributed by atoms with van der Waals surface area (Å²) in [5, 5.41) is 8.58. The summed E-state index contributed by atoms with van der Waals surface area (Å²) < 4.78 is 1.89. The highest BCUT2D eigenvalue weighted by Crippen LogP contribution is 2.21. The Morgan fingerprint density at radius 3 is 2.72 bits per heavy atom. The Morgan fingerprint density at radius 2 is 2.17 bits per heavy atom. The van der Waals surface area contributed by atoms with Crippen LogP contribution in [0.25, 0.3) is 0 Å². The maximum Gasteiger partial charge on any atom is 0.144 e. The lowest BCUT2D eigenvalue weighted by molar-refractivity contribution is 0.692. The number of thioether (sulfide) groups is 1. The molecule has 0 aromatic carbocycles. The van der Waals surface area contributed by atoms with Gasteiger partial charge in [-0.15, -0.1) is 11.8 Å². The van der Waals surface area contributed by atoms with Crippen LogP contribution in [0.15, 0.2) is 23.5 Å². The van der Waals surface area contributed by atoms with E-state index in [2.05, 4.69) is 26.4 Å². The number of nitrogens with one attached hydrogen (secondary N) is 1. The van der Waals surface area contributed by atoms with Crippen molar-refractivity contribution in [3.63, 3.8) is 0 Å². The molecule has 1 N–H and O–H groups in total. The van der Waals surface area contributed by atoms with Gasteiger partial charge in [0.2, 0.25) is 0 Å². The second-order valence-corrected chi connectivity index (χ2v) is 4.96. The fraction of sp³-hybridized carbons (Fsp3) is 0.417. The topological polar surface area (TPSA) is 55.6 Å². The van der Waals surface area contributed by atoms with Gasteiger partial charge in [-0.25, -0.2) is 4.98 Å². The Kier molecular flexibility index (Phi) is 4.19. The first-order valence-corrected chi connectivity index (χ1v) is 6.86. The molecule has 0 amide bonds. The monoisotopic (exact) mass is 263 g/mol. The molecule has 96 valence electrons. The maximum absolute atomic E-state index is 4.37. The average Bonchev–Trinajstić information content (AvgIpc) is 2.67. The first-order chi connectivity index (χ1) is 8.69. The van der Waals surface area contributed by atoms with Crippen molar-refractivity contribution in [1.29, 1.82) is 0 Å². The first kappa shape index (κ1) is 12.9. The molecule has 0 bridgehead atoms. The highest BCUT2D eigenvalue weighted by molar-refractivity contribution is 7.98. The van der Waals surface area contributed by atoms with Crippen LogP contribution in [0.1, 0.15) is 18.3 Å². The third-order valence-corrected chi connectivity index (χ3v) is 3.51. The molecule has 2 rings (SSSR count). The van der Waals surface area contributed by atoms with Crippen molar-refractivity contribution in [2.75, 3.05) is 11.9 Å². The van der Waals surface area contributed by atoms with E-state index in [0.717, 1.165) is 34.5 Å². The predicted molar refractivity (Wildman–Crippen MR) is 73.7 cm³/mol. The van der Waals surface area contributed by atoms with E-state index in [1.165, 1.54) is 0 Å². The Labute approximate surface area is 111 Å². The minimum Gasteiger partial charge on any atom is -0.369 e. The van der Waals surface area contributed by atoms with Crippen molar-refractivity contribution >= 4 is 17.6 Å². The zero-order valence-electron chi connectivity index (χ0n) is 10.8. The smallest absolute Gasteiger partial charge is 0.144 e. The van der Waals surface area contributed by atoms with Crippen LogP contribution in [0.3, 0.4) is 0 Å². The highest BCUT2D eigenvalue weighted by Gasteiger charge is 2.04. The molecule has 0 spiro atoms. The molecular formula is C12H17N5S. The number of rotatable bonds is 5. The molecule has 0 saturated heterocycles. The van der Waals surface area contributed by atoms with Gasteiger partial charge in [-0.05, 0) is 19.9 Å². The molecule has 2 aromatic rings. The summed E-state index contributed by atoms with van der Waals surface area (Å²) in [5.74, 6) is 1.63. The third kappa shape index (κ3) is 3.22. The molecule has 18 heavy (non-hydrogen) atoms. The number of aromatic nitrogens is 4. The van der Waals surface area contributed by atoms with Crippen LogP contribution in [0.5, 0.6) is 0 Å². The predicted octanol–water partition coefficient (Wildman–Crippen LogP) is 2.24. The molecule has 2 heterocycles. The van der Waals surface area contributed by atoms with E-state index in [9.17, 15) is 0 Å². The molecule has 0 aliphatic heterocycles. The van der Waals surface area contributed by atoms with E-state index in [-0.39, 0.29) is 0 Å². The van der Waals surface area contributed by atoms with Crippen LogP contribution < -0.4 is 5.32 Å². The summed E-state index contributed by atoms with van der Waals surface area (Å²) in [6.07, 6.45) is 3.59. The standard InChI is InChI=1S/C12H17N5S/c1-4-13-11-7-14-10(6-15-11)8-18-12-5-9(2)16-17(12)3/h5-7H,4,8H2,1-3H3,(H,13,15). The lowest BCUT2D eigenvalue weighted by atomic mass is 10.5. The van der Waals surface area contributed by atoms with Gasteiger partial charge in [0.15, 0.2) is 0 Å². The summed E-state index contributed by atoms with van der Waals surface area (Å²) in [6.45, 7) is 4.89. The molecule has 0 fully saturated rings. The van der Waals surface area contributed by atoms with Crippen molar-refractivity contribution in [3.05, 3.63) is 29.8 Å². The summed E-state index contributed by atoms with van der Waals surface area (Å²) in [5.41, 5.74) is 2.01. The van der Waals surface area contributed by atoms with Crippen molar-refractivity contribution in [3.8, 4) is 0 Å². The van der Waals surface area contributed by atoms with E-state index in [0.29, 0.717) is 0 Å². The first-order valence-electron chi connectivity index (χ1n) is 5.87. The van der Waals surface area contributed by atoms with E-state index >= 15 is 0 Å². The molecule has 2 aromatic heterocycles. The fourth-order valence-electron chi connectivity index (χ4n) is 1.57. The van der Waals surface area contributed by atoms with Crippen LogP contribution in [0, 0.1) is 6.92 Å². The summed E-state index contributed by atoms with van der Waals surface area (Å²) in [6, 6.07) is 2.07. The molecule has 0 aliphatic carbocycles. The van der Waals surface area contributed by atoms with Crippen LogP contribution in [-0.2, 0) is 12.8 Å². The van der Waals surface area contributed by atoms with E-state index in [1.807, 2.05) is 31.8 Å². The van der Waals surface area contributed by atoms with Gasteiger partial charge in [0.05, 0.1) is 28.8 Å². The largest absolute Gasteiger partial charge is 0.369 e. The summed E-state index contributed by atoms with van der Waals surface area (Å²) in [4.78, 5) is 8.67.